The van der Waals surface area contributed by atoms with E-state index in [1.807, 2.05) is 0 Å². The standard InChI is InChI=1S/C22H30N2O.2ClH/c1-25-21-10-9-18-15-20(8-7-19(18)16-21)22(17-5-3-2-4-6-17)24-13-11-23-12-14-24;;/h7-10,15-17,22-23H,2-6,11-14H2,1H3;2*1H/t22-;;/m1../s1. The highest BCUT2D eigenvalue weighted by Gasteiger charge is 2.30. The van der Waals surface area contributed by atoms with Gasteiger partial charge in [0.15, 0.2) is 0 Å². The van der Waals surface area contributed by atoms with Crippen LogP contribution in [0.2, 0.25) is 0 Å². The molecule has 1 aliphatic heterocycles. The fourth-order valence-electron chi connectivity index (χ4n) is 4.74. The maximum atomic E-state index is 5.38. The molecule has 27 heavy (non-hydrogen) atoms. The summed E-state index contributed by atoms with van der Waals surface area (Å²) in [5, 5.41) is 6.11. The molecule has 0 bridgehead atoms. The highest BCUT2D eigenvalue weighted by atomic mass is 35.5. The first-order valence-electron chi connectivity index (χ1n) is 9.87. The zero-order valence-corrected chi connectivity index (χ0v) is 17.8. The van der Waals surface area contributed by atoms with Crippen molar-refractivity contribution in [3.05, 3.63) is 42.0 Å². The lowest BCUT2D eigenvalue weighted by atomic mass is 9.80. The summed E-state index contributed by atoms with van der Waals surface area (Å²) in [6, 6.07) is 14.1. The van der Waals surface area contributed by atoms with Crippen LogP contribution in [0.25, 0.3) is 10.8 Å². The monoisotopic (exact) mass is 410 g/mol. The van der Waals surface area contributed by atoms with Crippen LogP contribution in [0.1, 0.15) is 43.7 Å². The molecule has 1 N–H and O–H groups in total. The molecular weight excluding hydrogens is 379 g/mol. The molecule has 2 fully saturated rings. The summed E-state index contributed by atoms with van der Waals surface area (Å²) in [6.45, 7) is 4.58. The van der Waals surface area contributed by atoms with Crippen molar-refractivity contribution in [2.24, 2.45) is 5.92 Å². The van der Waals surface area contributed by atoms with E-state index in [1.54, 1.807) is 7.11 Å². The van der Waals surface area contributed by atoms with Crippen LogP contribution in [0.4, 0.5) is 0 Å². The predicted octanol–water partition coefficient (Wildman–Crippen LogP) is 5.22. The minimum atomic E-state index is 0. The molecule has 2 aromatic carbocycles. The van der Waals surface area contributed by atoms with Crippen molar-refractivity contribution >= 4 is 35.6 Å². The smallest absolute Gasteiger partial charge is 0.119 e. The third-order valence-electron chi connectivity index (χ3n) is 6.05. The number of nitrogens with zero attached hydrogens (tertiary/aromatic N) is 1. The number of nitrogens with one attached hydrogen (secondary N) is 1. The number of benzene rings is 2. The average molecular weight is 411 g/mol. The summed E-state index contributed by atoms with van der Waals surface area (Å²) < 4.78 is 5.38. The number of hydrogen-bond donors (Lipinski definition) is 1. The SMILES string of the molecule is COc1ccc2cc([C@@H](C3CCCCC3)N3CCNCC3)ccc2c1.Cl.Cl. The first kappa shape index (κ1) is 22.3. The zero-order valence-electron chi connectivity index (χ0n) is 16.2. The second-order valence-electron chi connectivity index (χ2n) is 7.60. The second-order valence-corrected chi connectivity index (χ2v) is 7.60. The molecule has 0 amide bonds. The Morgan fingerprint density at radius 1 is 0.926 bits per heavy atom. The van der Waals surface area contributed by atoms with Gasteiger partial charge in [0.05, 0.1) is 7.11 Å². The Labute approximate surface area is 175 Å². The first-order chi connectivity index (χ1) is 12.3. The highest BCUT2D eigenvalue weighted by Crippen LogP contribution is 2.39. The molecule has 2 aliphatic rings. The van der Waals surface area contributed by atoms with Crippen molar-refractivity contribution in [3.63, 3.8) is 0 Å². The van der Waals surface area contributed by atoms with Crippen LogP contribution in [0.3, 0.4) is 0 Å². The molecule has 0 aromatic heterocycles. The fraction of sp³-hybridized carbons (Fsp3) is 0.545. The summed E-state index contributed by atoms with van der Waals surface area (Å²) in [7, 11) is 1.74. The number of rotatable bonds is 4. The number of fused-ring (bicyclic) bond motifs is 1. The fourth-order valence-corrected chi connectivity index (χ4v) is 4.74. The summed E-state index contributed by atoms with van der Waals surface area (Å²) >= 11 is 0. The van der Waals surface area contributed by atoms with Gasteiger partial charge in [0.1, 0.15) is 5.75 Å². The van der Waals surface area contributed by atoms with E-state index in [-0.39, 0.29) is 24.8 Å². The lowest BCUT2D eigenvalue weighted by Gasteiger charge is -2.41. The first-order valence-corrected chi connectivity index (χ1v) is 9.87. The summed E-state index contributed by atoms with van der Waals surface area (Å²) in [5.74, 6) is 1.74. The molecule has 2 aromatic rings. The van der Waals surface area contributed by atoms with Crippen molar-refractivity contribution in [2.45, 2.75) is 38.1 Å². The van der Waals surface area contributed by atoms with Gasteiger partial charge in [-0.25, -0.2) is 0 Å². The Morgan fingerprint density at radius 2 is 1.59 bits per heavy atom. The van der Waals surface area contributed by atoms with Crippen molar-refractivity contribution < 1.29 is 4.74 Å². The van der Waals surface area contributed by atoms with Crippen LogP contribution in [0.5, 0.6) is 5.75 Å². The van der Waals surface area contributed by atoms with Gasteiger partial charge in [-0.1, -0.05) is 37.5 Å². The number of ether oxygens (including phenoxy) is 1. The van der Waals surface area contributed by atoms with Crippen molar-refractivity contribution in [3.8, 4) is 5.75 Å². The van der Waals surface area contributed by atoms with E-state index >= 15 is 0 Å². The number of hydrogen-bond acceptors (Lipinski definition) is 3. The normalized spacial score (nSPS) is 19.7. The van der Waals surface area contributed by atoms with E-state index < -0.39 is 0 Å². The molecule has 0 unspecified atom stereocenters. The van der Waals surface area contributed by atoms with Gasteiger partial charge in [-0.05, 0) is 53.3 Å². The van der Waals surface area contributed by atoms with Gasteiger partial charge in [0.25, 0.3) is 0 Å². The average Bonchev–Trinajstić information content (AvgIpc) is 2.69. The third-order valence-corrected chi connectivity index (χ3v) is 6.05. The molecule has 0 radical (unpaired) electrons. The molecule has 3 nitrogen and oxygen atoms in total. The third kappa shape index (κ3) is 5.08. The van der Waals surface area contributed by atoms with Crippen LogP contribution in [0, 0.1) is 5.92 Å². The zero-order chi connectivity index (χ0) is 17.1. The lowest BCUT2D eigenvalue weighted by molar-refractivity contribution is 0.103. The van der Waals surface area contributed by atoms with Gasteiger partial charge in [0.2, 0.25) is 0 Å². The molecule has 1 heterocycles. The van der Waals surface area contributed by atoms with Gasteiger partial charge in [-0.3, -0.25) is 4.90 Å². The Balaban J connectivity index is 0.00000131. The van der Waals surface area contributed by atoms with E-state index in [4.69, 9.17) is 4.74 Å². The maximum Gasteiger partial charge on any atom is 0.119 e. The van der Waals surface area contributed by atoms with E-state index in [2.05, 4.69) is 46.6 Å². The van der Waals surface area contributed by atoms with E-state index in [1.165, 1.54) is 61.5 Å². The van der Waals surface area contributed by atoms with Crippen LogP contribution >= 0.6 is 24.8 Å². The van der Waals surface area contributed by atoms with Crippen LogP contribution in [0.15, 0.2) is 36.4 Å². The van der Waals surface area contributed by atoms with Gasteiger partial charge >= 0.3 is 0 Å². The van der Waals surface area contributed by atoms with E-state index in [9.17, 15) is 0 Å². The molecule has 4 rings (SSSR count). The molecular formula is C22H32Cl2N2O. The topological polar surface area (TPSA) is 24.5 Å². The van der Waals surface area contributed by atoms with Crippen molar-refractivity contribution in [1.29, 1.82) is 0 Å². The Kier molecular flexibility index (Phi) is 8.68. The van der Waals surface area contributed by atoms with E-state index in [0.29, 0.717) is 6.04 Å². The van der Waals surface area contributed by atoms with E-state index in [0.717, 1.165) is 24.8 Å². The lowest BCUT2D eigenvalue weighted by Crippen LogP contribution is -2.47. The summed E-state index contributed by atoms with van der Waals surface area (Å²) in [6.07, 6.45) is 6.99. The quantitative estimate of drug-likeness (QED) is 0.747. The Morgan fingerprint density at radius 3 is 2.30 bits per heavy atom. The largest absolute Gasteiger partial charge is 0.497 e. The molecule has 1 saturated carbocycles. The van der Waals surface area contributed by atoms with Gasteiger partial charge in [-0.15, -0.1) is 24.8 Å². The van der Waals surface area contributed by atoms with Crippen LogP contribution in [-0.2, 0) is 0 Å². The molecule has 1 atom stereocenters. The number of methoxy groups -OCH3 is 1. The van der Waals surface area contributed by atoms with Crippen molar-refractivity contribution in [2.75, 3.05) is 33.3 Å². The predicted molar refractivity (Wildman–Crippen MR) is 119 cm³/mol. The highest BCUT2D eigenvalue weighted by molar-refractivity contribution is 5.86. The summed E-state index contributed by atoms with van der Waals surface area (Å²) in [5.41, 5.74) is 1.51. The minimum Gasteiger partial charge on any atom is -0.497 e. The van der Waals surface area contributed by atoms with Crippen LogP contribution < -0.4 is 10.1 Å². The minimum absolute atomic E-state index is 0. The van der Waals surface area contributed by atoms with Gasteiger partial charge < -0.3 is 10.1 Å². The Bertz CT molecular complexity index is 695. The van der Waals surface area contributed by atoms with Crippen molar-refractivity contribution in [1.82, 2.24) is 10.2 Å². The Hall–Kier alpha value is -1.000. The molecule has 1 aliphatic carbocycles. The molecule has 5 heteroatoms. The molecule has 1 saturated heterocycles. The molecule has 0 spiro atoms. The second kappa shape index (κ2) is 10.5. The maximum absolute atomic E-state index is 5.38. The number of halogens is 2. The number of piperazine rings is 1. The molecule has 150 valence electrons. The van der Waals surface area contributed by atoms with Gasteiger partial charge in [-0.2, -0.15) is 0 Å². The summed E-state index contributed by atoms with van der Waals surface area (Å²) in [4.78, 5) is 2.73. The van der Waals surface area contributed by atoms with Gasteiger partial charge in [0, 0.05) is 32.2 Å². The van der Waals surface area contributed by atoms with Crippen LogP contribution in [-0.4, -0.2) is 38.2 Å².